The first-order valence-electron chi connectivity index (χ1n) is 5.56. The summed E-state index contributed by atoms with van der Waals surface area (Å²) in [6.45, 7) is 0.584. The van der Waals surface area contributed by atoms with Crippen LogP contribution in [0.2, 0.25) is 0 Å². The molecule has 2 rings (SSSR count). The summed E-state index contributed by atoms with van der Waals surface area (Å²) in [7, 11) is 0. The average molecular weight is 259 g/mol. The standard InChI is InChI=1S/C13H13N3OS/c14-12(18)11-4-2-7-16(13(11)17)8-5-10-3-1-6-15-9-10/h1-4,6-7,9H,5,8H2,(H2,14,18). The van der Waals surface area contributed by atoms with Gasteiger partial charge in [0, 0.05) is 25.1 Å². The number of pyridine rings is 2. The quantitative estimate of drug-likeness (QED) is 0.836. The van der Waals surface area contributed by atoms with E-state index in [1.165, 1.54) is 0 Å². The zero-order chi connectivity index (χ0) is 13.0. The first-order chi connectivity index (χ1) is 8.68. The minimum Gasteiger partial charge on any atom is -0.389 e. The minimum absolute atomic E-state index is 0.135. The molecule has 2 N–H and O–H groups in total. The normalized spacial score (nSPS) is 10.2. The van der Waals surface area contributed by atoms with E-state index in [1.54, 1.807) is 35.3 Å². The van der Waals surface area contributed by atoms with E-state index in [4.69, 9.17) is 18.0 Å². The van der Waals surface area contributed by atoms with Crippen LogP contribution in [0.5, 0.6) is 0 Å². The first kappa shape index (κ1) is 12.4. The van der Waals surface area contributed by atoms with E-state index >= 15 is 0 Å². The monoisotopic (exact) mass is 259 g/mol. The summed E-state index contributed by atoms with van der Waals surface area (Å²) < 4.78 is 1.61. The van der Waals surface area contributed by atoms with Crippen LogP contribution in [-0.4, -0.2) is 14.5 Å². The van der Waals surface area contributed by atoms with Gasteiger partial charge in [-0.25, -0.2) is 0 Å². The molecule has 0 unspecified atom stereocenters. The molecule has 5 heteroatoms. The molecule has 0 radical (unpaired) electrons. The van der Waals surface area contributed by atoms with E-state index in [9.17, 15) is 4.79 Å². The van der Waals surface area contributed by atoms with Gasteiger partial charge in [0.25, 0.3) is 5.56 Å². The Kier molecular flexibility index (Phi) is 3.84. The second-order valence-corrected chi connectivity index (χ2v) is 4.34. The lowest BCUT2D eigenvalue weighted by molar-refractivity contribution is 0.667. The lowest BCUT2D eigenvalue weighted by Gasteiger charge is -2.07. The van der Waals surface area contributed by atoms with Crippen LogP contribution in [0.15, 0.2) is 47.7 Å². The third-order valence-electron chi connectivity index (χ3n) is 2.65. The molecule has 18 heavy (non-hydrogen) atoms. The summed E-state index contributed by atoms with van der Waals surface area (Å²) in [5.74, 6) is 0. The summed E-state index contributed by atoms with van der Waals surface area (Å²) in [5.41, 5.74) is 6.83. The number of rotatable bonds is 4. The van der Waals surface area contributed by atoms with Gasteiger partial charge in [-0.05, 0) is 30.2 Å². The maximum absolute atomic E-state index is 12.0. The first-order valence-corrected chi connectivity index (χ1v) is 5.97. The van der Waals surface area contributed by atoms with Gasteiger partial charge in [0.15, 0.2) is 0 Å². The van der Waals surface area contributed by atoms with Crippen LogP contribution in [0.3, 0.4) is 0 Å². The highest BCUT2D eigenvalue weighted by Crippen LogP contribution is 1.99. The van der Waals surface area contributed by atoms with Gasteiger partial charge in [-0.1, -0.05) is 18.3 Å². The van der Waals surface area contributed by atoms with E-state index in [2.05, 4.69) is 4.98 Å². The highest BCUT2D eigenvalue weighted by Gasteiger charge is 2.05. The zero-order valence-electron chi connectivity index (χ0n) is 9.74. The van der Waals surface area contributed by atoms with Crippen molar-refractivity contribution in [3.05, 3.63) is 64.3 Å². The highest BCUT2D eigenvalue weighted by molar-refractivity contribution is 7.80. The Balaban J connectivity index is 2.18. The van der Waals surface area contributed by atoms with Gasteiger partial charge in [-0.15, -0.1) is 0 Å². The van der Waals surface area contributed by atoms with Crippen molar-refractivity contribution in [3.8, 4) is 0 Å². The number of hydrogen-bond acceptors (Lipinski definition) is 3. The average Bonchev–Trinajstić information content (AvgIpc) is 2.38. The van der Waals surface area contributed by atoms with Crippen molar-refractivity contribution in [3.63, 3.8) is 0 Å². The third kappa shape index (κ3) is 2.81. The molecule has 4 nitrogen and oxygen atoms in total. The van der Waals surface area contributed by atoms with Crippen molar-refractivity contribution in [2.75, 3.05) is 0 Å². The third-order valence-corrected chi connectivity index (χ3v) is 2.87. The summed E-state index contributed by atoms with van der Waals surface area (Å²) in [5, 5.41) is 0. The number of hydrogen-bond donors (Lipinski definition) is 1. The van der Waals surface area contributed by atoms with Gasteiger partial charge in [0.05, 0.1) is 5.56 Å². The molecular weight excluding hydrogens is 246 g/mol. The molecule has 0 aromatic carbocycles. The van der Waals surface area contributed by atoms with Gasteiger partial charge < -0.3 is 10.3 Å². The molecule has 2 aromatic heterocycles. The Labute approximate surface area is 110 Å². The number of thiocarbonyl (C=S) groups is 1. The fourth-order valence-electron chi connectivity index (χ4n) is 1.70. The van der Waals surface area contributed by atoms with Crippen LogP contribution in [-0.2, 0) is 13.0 Å². The van der Waals surface area contributed by atoms with Crippen molar-refractivity contribution >= 4 is 17.2 Å². The Hall–Kier alpha value is -2.01. The number of aryl methyl sites for hydroxylation is 2. The fourth-order valence-corrected chi connectivity index (χ4v) is 1.85. The van der Waals surface area contributed by atoms with Crippen LogP contribution < -0.4 is 11.3 Å². The Bertz CT molecular complexity index is 607. The van der Waals surface area contributed by atoms with Crippen LogP contribution in [0.4, 0.5) is 0 Å². The maximum atomic E-state index is 12.0. The van der Waals surface area contributed by atoms with Crippen molar-refractivity contribution in [1.82, 2.24) is 9.55 Å². The van der Waals surface area contributed by atoms with Crippen LogP contribution in [0.25, 0.3) is 0 Å². The van der Waals surface area contributed by atoms with E-state index in [0.29, 0.717) is 12.1 Å². The topological polar surface area (TPSA) is 60.9 Å². The largest absolute Gasteiger partial charge is 0.389 e. The minimum atomic E-state index is -0.145. The molecule has 0 bridgehead atoms. The van der Waals surface area contributed by atoms with Gasteiger partial charge in [0.2, 0.25) is 0 Å². The number of nitrogens with two attached hydrogens (primary N) is 1. The summed E-state index contributed by atoms with van der Waals surface area (Å²) in [6.07, 6.45) is 6.00. The van der Waals surface area contributed by atoms with Crippen molar-refractivity contribution < 1.29 is 0 Å². The van der Waals surface area contributed by atoms with Crippen molar-refractivity contribution in [1.29, 1.82) is 0 Å². The molecule has 2 aromatic rings. The molecule has 0 spiro atoms. The van der Waals surface area contributed by atoms with E-state index < -0.39 is 0 Å². The predicted molar refractivity (Wildman–Crippen MR) is 74.5 cm³/mol. The Morgan fingerprint density at radius 2 is 2.22 bits per heavy atom. The van der Waals surface area contributed by atoms with Crippen molar-refractivity contribution in [2.45, 2.75) is 13.0 Å². The summed E-state index contributed by atoms with van der Waals surface area (Å²) in [6, 6.07) is 7.28. The SMILES string of the molecule is NC(=S)c1cccn(CCc2cccnc2)c1=O. The van der Waals surface area contributed by atoms with E-state index in [1.807, 2.05) is 12.1 Å². The molecule has 0 saturated carbocycles. The molecule has 0 fully saturated rings. The Morgan fingerprint density at radius 3 is 2.89 bits per heavy atom. The molecule has 0 saturated heterocycles. The molecular formula is C13H13N3OS. The summed E-state index contributed by atoms with van der Waals surface area (Å²) >= 11 is 4.84. The lowest BCUT2D eigenvalue weighted by atomic mass is 10.2. The van der Waals surface area contributed by atoms with Gasteiger partial charge in [-0.2, -0.15) is 0 Å². The highest BCUT2D eigenvalue weighted by atomic mass is 32.1. The molecule has 0 aliphatic rings. The predicted octanol–water partition coefficient (Wildman–Crippen LogP) is 1.12. The zero-order valence-corrected chi connectivity index (χ0v) is 10.6. The van der Waals surface area contributed by atoms with Crippen molar-refractivity contribution in [2.24, 2.45) is 5.73 Å². The second-order valence-electron chi connectivity index (χ2n) is 3.90. The number of nitrogens with zero attached hydrogens (tertiary/aromatic N) is 2. The molecule has 92 valence electrons. The Morgan fingerprint density at radius 1 is 1.39 bits per heavy atom. The van der Waals surface area contributed by atoms with E-state index in [-0.39, 0.29) is 10.5 Å². The van der Waals surface area contributed by atoms with Crippen LogP contribution in [0, 0.1) is 0 Å². The van der Waals surface area contributed by atoms with Gasteiger partial charge in [0.1, 0.15) is 4.99 Å². The van der Waals surface area contributed by atoms with Gasteiger partial charge in [-0.3, -0.25) is 9.78 Å². The lowest BCUT2D eigenvalue weighted by Crippen LogP contribution is -2.28. The molecule has 0 amide bonds. The fraction of sp³-hybridized carbons (Fsp3) is 0.154. The second kappa shape index (κ2) is 5.55. The van der Waals surface area contributed by atoms with E-state index in [0.717, 1.165) is 12.0 Å². The molecule has 0 atom stereocenters. The molecule has 0 aliphatic carbocycles. The molecule has 0 aliphatic heterocycles. The molecule has 2 heterocycles. The van der Waals surface area contributed by atoms with Crippen LogP contribution >= 0.6 is 12.2 Å². The van der Waals surface area contributed by atoms with Crippen LogP contribution in [0.1, 0.15) is 11.1 Å². The smallest absolute Gasteiger partial charge is 0.260 e. The number of aromatic nitrogens is 2. The van der Waals surface area contributed by atoms with Gasteiger partial charge >= 0.3 is 0 Å². The summed E-state index contributed by atoms with van der Waals surface area (Å²) in [4.78, 5) is 16.2. The maximum Gasteiger partial charge on any atom is 0.260 e.